The first-order chi connectivity index (χ1) is 8.74. The lowest BCUT2D eigenvalue weighted by Crippen LogP contribution is -1.94. The molecule has 0 atom stereocenters. The highest BCUT2D eigenvalue weighted by Crippen LogP contribution is 2.26. The molecule has 0 aliphatic rings. The summed E-state index contributed by atoms with van der Waals surface area (Å²) in [5, 5.41) is 0. The maximum absolute atomic E-state index is 5.75. The fraction of sp³-hybridized carbons (Fsp3) is 0.0833. The van der Waals surface area contributed by atoms with Gasteiger partial charge in [-0.15, -0.1) is 0 Å². The van der Waals surface area contributed by atoms with E-state index in [1.165, 1.54) is 6.33 Å². The van der Waals surface area contributed by atoms with Crippen molar-refractivity contribution in [2.75, 3.05) is 0 Å². The Morgan fingerprint density at radius 2 is 1.89 bits per heavy atom. The van der Waals surface area contributed by atoms with Gasteiger partial charge in [0.25, 0.3) is 0 Å². The van der Waals surface area contributed by atoms with Gasteiger partial charge < -0.3 is 9.30 Å². The van der Waals surface area contributed by atoms with Crippen molar-refractivity contribution in [3.8, 4) is 11.6 Å². The highest BCUT2D eigenvalue weighted by Gasteiger charge is 2.10. The van der Waals surface area contributed by atoms with Crippen molar-refractivity contribution < 1.29 is 4.74 Å². The summed E-state index contributed by atoms with van der Waals surface area (Å²) in [6.45, 7) is 0. The number of aryl methyl sites for hydroxylation is 1. The number of rotatable bonds is 2. The van der Waals surface area contributed by atoms with Crippen molar-refractivity contribution in [2.45, 2.75) is 0 Å². The molecule has 0 bridgehead atoms. The van der Waals surface area contributed by atoms with Gasteiger partial charge in [0, 0.05) is 11.5 Å². The molecule has 3 aromatic rings. The topological polar surface area (TPSA) is 52.8 Å². The first kappa shape index (κ1) is 11.2. The molecule has 18 heavy (non-hydrogen) atoms. The molecule has 2 aromatic heterocycles. The Hall–Kier alpha value is -1.95. The third-order valence-corrected chi connectivity index (χ3v) is 3.03. The van der Waals surface area contributed by atoms with Gasteiger partial charge in [0.2, 0.25) is 5.88 Å². The van der Waals surface area contributed by atoms with Crippen molar-refractivity contribution in [2.24, 2.45) is 7.05 Å². The lowest BCUT2D eigenvalue weighted by molar-refractivity contribution is 0.465. The number of benzene rings is 1. The summed E-state index contributed by atoms with van der Waals surface area (Å²) in [6.07, 6.45) is 3.14. The number of nitrogens with zero attached hydrogens (tertiary/aromatic N) is 4. The zero-order valence-corrected chi connectivity index (χ0v) is 11.1. The second-order valence-corrected chi connectivity index (χ2v) is 4.68. The Morgan fingerprint density at radius 1 is 1.11 bits per heavy atom. The molecule has 6 heteroatoms. The molecular formula is C12H9BrN4O. The second kappa shape index (κ2) is 4.38. The molecule has 0 unspecified atom stereocenters. The third-order valence-electron chi connectivity index (χ3n) is 2.50. The highest BCUT2D eigenvalue weighted by atomic mass is 79.9. The Kier molecular flexibility index (Phi) is 2.71. The summed E-state index contributed by atoms with van der Waals surface area (Å²) >= 11 is 3.38. The van der Waals surface area contributed by atoms with Gasteiger partial charge in [-0.2, -0.15) is 4.98 Å². The van der Waals surface area contributed by atoms with Crippen LogP contribution in [-0.2, 0) is 7.05 Å². The molecule has 0 saturated carbocycles. The second-order valence-electron chi connectivity index (χ2n) is 3.76. The maximum atomic E-state index is 5.75. The van der Waals surface area contributed by atoms with Gasteiger partial charge in [0.15, 0.2) is 11.2 Å². The van der Waals surface area contributed by atoms with Crippen LogP contribution >= 0.6 is 15.9 Å². The predicted molar refractivity (Wildman–Crippen MR) is 70.5 cm³/mol. The molecule has 3 rings (SSSR count). The van der Waals surface area contributed by atoms with Gasteiger partial charge in [0.1, 0.15) is 12.1 Å². The zero-order valence-electron chi connectivity index (χ0n) is 9.54. The van der Waals surface area contributed by atoms with Crippen LogP contribution in [-0.4, -0.2) is 19.5 Å². The standard InChI is InChI=1S/C12H9BrN4O/c1-17-7-16-11-10(17)12(15-6-14-11)18-9-4-2-8(13)3-5-9/h2-7H,1H3. The first-order valence-electron chi connectivity index (χ1n) is 5.29. The Labute approximate surface area is 112 Å². The molecule has 1 aromatic carbocycles. The fourth-order valence-electron chi connectivity index (χ4n) is 1.64. The number of hydrogen-bond donors (Lipinski definition) is 0. The van der Waals surface area contributed by atoms with E-state index in [4.69, 9.17) is 4.74 Å². The van der Waals surface area contributed by atoms with E-state index in [1.807, 2.05) is 35.9 Å². The summed E-state index contributed by atoms with van der Waals surface area (Å²) in [5.41, 5.74) is 1.40. The molecule has 90 valence electrons. The zero-order chi connectivity index (χ0) is 12.5. The molecule has 0 aliphatic heterocycles. The van der Waals surface area contributed by atoms with Crippen molar-refractivity contribution >= 4 is 27.1 Å². The largest absolute Gasteiger partial charge is 0.437 e. The summed E-state index contributed by atoms with van der Waals surface area (Å²) < 4.78 is 8.59. The lowest BCUT2D eigenvalue weighted by Gasteiger charge is -2.06. The van der Waals surface area contributed by atoms with Crippen LogP contribution in [0.15, 0.2) is 41.4 Å². The molecule has 0 fully saturated rings. The minimum absolute atomic E-state index is 0.502. The van der Waals surface area contributed by atoms with E-state index in [1.54, 1.807) is 6.33 Å². The number of imidazole rings is 1. The quantitative estimate of drug-likeness (QED) is 0.730. The van der Waals surface area contributed by atoms with Gasteiger partial charge in [-0.25, -0.2) is 9.97 Å². The molecule has 0 saturated heterocycles. The van der Waals surface area contributed by atoms with Crippen molar-refractivity contribution in [1.29, 1.82) is 0 Å². The number of hydrogen-bond acceptors (Lipinski definition) is 4. The van der Waals surface area contributed by atoms with E-state index in [2.05, 4.69) is 30.9 Å². The van der Waals surface area contributed by atoms with Crippen LogP contribution in [0.3, 0.4) is 0 Å². The summed E-state index contributed by atoms with van der Waals surface area (Å²) in [6, 6.07) is 7.57. The third kappa shape index (κ3) is 1.95. The molecule has 0 amide bonds. The van der Waals surface area contributed by atoms with Gasteiger partial charge in [0.05, 0.1) is 6.33 Å². The van der Waals surface area contributed by atoms with E-state index in [-0.39, 0.29) is 0 Å². The summed E-state index contributed by atoms with van der Waals surface area (Å²) in [5.74, 6) is 1.22. The molecule has 5 nitrogen and oxygen atoms in total. The smallest absolute Gasteiger partial charge is 0.248 e. The van der Waals surface area contributed by atoms with Crippen LogP contribution in [0.2, 0.25) is 0 Å². The van der Waals surface area contributed by atoms with Gasteiger partial charge >= 0.3 is 0 Å². The Balaban J connectivity index is 2.04. The van der Waals surface area contributed by atoms with Gasteiger partial charge in [-0.3, -0.25) is 0 Å². The maximum Gasteiger partial charge on any atom is 0.248 e. The van der Waals surface area contributed by atoms with E-state index in [0.717, 1.165) is 15.7 Å². The molecule has 0 aliphatic carbocycles. The van der Waals surface area contributed by atoms with Crippen molar-refractivity contribution in [1.82, 2.24) is 19.5 Å². The number of fused-ring (bicyclic) bond motifs is 1. The average Bonchev–Trinajstić information content (AvgIpc) is 2.75. The molecule has 0 N–H and O–H groups in total. The summed E-state index contributed by atoms with van der Waals surface area (Å²) in [7, 11) is 1.88. The molecule has 0 spiro atoms. The average molecular weight is 305 g/mol. The van der Waals surface area contributed by atoms with E-state index >= 15 is 0 Å². The highest BCUT2D eigenvalue weighted by molar-refractivity contribution is 9.10. The predicted octanol–water partition coefficient (Wildman–Crippen LogP) is 2.92. The van der Waals surface area contributed by atoms with Crippen LogP contribution < -0.4 is 4.74 Å². The monoisotopic (exact) mass is 304 g/mol. The fourth-order valence-corrected chi connectivity index (χ4v) is 1.91. The SMILES string of the molecule is Cn1cnc2ncnc(Oc3ccc(Br)cc3)c21. The van der Waals surface area contributed by atoms with E-state index < -0.39 is 0 Å². The molecule has 2 heterocycles. The molecule has 0 radical (unpaired) electrons. The van der Waals surface area contributed by atoms with Crippen molar-refractivity contribution in [3.63, 3.8) is 0 Å². The summed E-state index contributed by atoms with van der Waals surface area (Å²) in [4.78, 5) is 12.4. The van der Waals surface area contributed by atoms with E-state index in [9.17, 15) is 0 Å². The van der Waals surface area contributed by atoms with Crippen LogP contribution in [0, 0.1) is 0 Å². The number of ether oxygens (including phenoxy) is 1. The van der Waals surface area contributed by atoms with Crippen LogP contribution in [0.1, 0.15) is 0 Å². The minimum Gasteiger partial charge on any atom is -0.437 e. The number of halogens is 1. The van der Waals surface area contributed by atoms with Gasteiger partial charge in [-0.05, 0) is 24.3 Å². The first-order valence-corrected chi connectivity index (χ1v) is 6.09. The van der Waals surface area contributed by atoms with E-state index in [0.29, 0.717) is 11.5 Å². The van der Waals surface area contributed by atoms with Crippen LogP contribution in [0.5, 0.6) is 11.6 Å². The Bertz CT molecular complexity index is 693. The van der Waals surface area contributed by atoms with Gasteiger partial charge in [-0.1, -0.05) is 15.9 Å². The lowest BCUT2D eigenvalue weighted by atomic mass is 10.3. The number of aromatic nitrogens is 4. The normalized spacial score (nSPS) is 10.8. The minimum atomic E-state index is 0.502. The Morgan fingerprint density at radius 3 is 2.67 bits per heavy atom. The van der Waals surface area contributed by atoms with Crippen LogP contribution in [0.4, 0.5) is 0 Å². The van der Waals surface area contributed by atoms with Crippen LogP contribution in [0.25, 0.3) is 11.2 Å². The molecular weight excluding hydrogens is 296 g/mol. The van der Waals surface area contributed by atoms with Crippen molar-refractivity contribution in [3.05, 3.63) is 41.4 Å².